The van der Waals surface area contributed by atoms with Gasteiger partial charge in [-0.15, -0.1) is 11.6 Å². The van der Waals surface area contributed by atoms with Crippen molar-refractivity contribution in [3.63, 3.8) is 0 Å². The number of hydrogen-bond acceptors (Lipinski definition) is 2. The van der Waals surface area contributed by atoms with Gasteiger partial charge in [0.15, 0.2) is 5.75 Å². The van der Waals surface area contributed by atoms with Crippen LogP contribution < -0.4 is 4.74 Å². The minimum Gasteiger partial charge on any atom is -0.494 e. The molecule has 0 amide bonds. The first-order valence-corrected chi connectivity index (χ1v) is 4.19. The van der Waals surface area contributed by atoms with Gasteiger partial charge < -0.3 is 4.74 Å². The summed E-state index contributed by atoms with van der Waals surface area (Å²) < 4.78 is 41.8. The highest BCUT2D eigenvalue weighted by atomic mass is 35.5. The molecule has 78 valence electrons. The van der Waals surface area contributed by atoms with Gasteiger partial charge in [0.25, 0.3) is 0 Å². The Bertz CT molecular complexity index is 327. The van der Waals surface area contributed by atoms with Crippen LogP contribution in [0.1, 0.15) is 11.3 Å². The molecule has 6 heteroatoms. The smallest absolute Gasteiger partial charge is 0.420 e. The van der Waals surface area contributed by atoms with Gasteiger partial charge in [-0.1, -0.05) is 0 Å². The molecule has 1 aromatic rings. The van der Waals surface area contributed by atoms with Gasteiger partial charge in [-0.2, -0.15) is 13.2 Å². The van der Waals surface area contributed by atoms with Crippen LogP contribution in [0.2, 0.25) is 0 Å². The average molecular weight is 226 g/mol. The summed E-state index contributed by atoms with van der Waals surface area (Å²) in [6, 6.07) is 0.856. The van der Waals surface area contributed by atoms with Crippen LogP contribution in [0.15, 0.2) is 12.3 Å². The first-order valence-electron chi connectivity index (χ1n) is 3.65. The molecule has 0 atom stereocenters. The lowest BCUT2D eigenvalue weighted by atomic mass is 10.2. The zero-order valence-electron chi connectivity index (χ0n) is 7.23. The summed E-state index contributed by atoms with van der Waals surface area (Å²) in [5, 5.41) is 0. The van der Waals surface area contributed by atoms with Crippen molar-refractivity contribution in [2.24, 2.45) is 0 Å². The van der Waals surface area contributed by atoms with E-state index in [0.29, 0.717) is 0 Å². The molecular weight excluding hydrogens is 219 g/mol. The van der Waals surface area contributed by atoms with E-state index >= 15 is 0 Å². The first kappa shape index (κ1) is 11.1. The molecule has 0 aliphatic rings. The van der Waals surface area contributed by atoms with Gasteiger partial charge in [0.2, 0.25) is 0 Å². The van der Waals surface area contributed by atoms with Crippen molar-refractivity contribution in [3.05, 3.63) is 23.5 Å². The van der Waals surface area contributed by atoms with E-state index in [1.54, 1.807) is 0 Å². The zero-order chi connectivity index (χ0) is 10.8. The fraction of sp³-hybridized carbons (Fsp3) is 0.375. The predicted octanol–water partition coefficient (Wildman–Crippen LogP) is 2.85. The molecule has 0 aliphatic carbocycles. The summed E-state index contributed by atoms with van der Waals surface area (Å²) in [5.41, 5.74) is -0.769. The Labute approximate surface area is 83.7 Å². The normalized spacial score (nSPS) is 11.5. The summed E-state index contributed by atoms with van der Waals surface area (Å²) >= 11 is 5.42. The van der Waals surface area contributed by atoms with Crippen LogP contribution in [0.25, 0.3) is 0 Å². The molecule has 0 unspecified atom stereocenters. The van der Waals surface area contributed by atoms with Gasteiger partial charge in [0.05, 0.1) is 18.7 Å². The fourth-order valence-corrected chi connectivity index (χ4v) is 1.23. The van der Waals surface area contributed by atoms with Gasteiger partial charge in [-0.3, -0.25) is 4.98 Å². The second-order valence-corrected chi connectivity index (χ2v) is 2.74. The van der Waals surface area contributed by atoms with Crippen molar-refractivity contribution < 1.29 is 17.9 Å². The topological polar surface area (TPSA) is 22.1 Å². The summed E-state index contributed by atoms with van der Waals surface area (Å²) in [6.07, 6.45) is -3.39. The molecule has 0 saturated carbocycles. The maximum absolute atomic E-state index is 12.4. The molecule has 0 aliphatic heterocycles. The third-order valence-corrected chi connectivity index (χ3v) is 1.87. The number of methoxy groups -OCH3 is 1. The summed E-state index contributed by atoms with van der Waals surface area (Å²) in [6.45, 7) is 0. The standard InChI is InChI=1S/C8H7ClF3NO/c1-14-7-5(8(10,11)12)2-3-13-6(7)4-9/h2-3H,4H2,1H3. The molecule has 0 N–H and O–H groups in total. The molecule has 2 nitrogen and oxygen atoms in total. The van der Waals surface area contributed by atoms with Crippen LogP contribution in [0.4, 0.5) is 13.2 Å². The zero-order valence-corrected chi connectivity index (χ0v) is 7.99. The molecule has 0 saturated heterocycles. The van der Waals surface area contributed by atoms with Crippen molar-refractivity contribution in [1.29, 1.82) is 0 Å². The number of ether oxygens (including phenoxy) is 1. The van der Waals surface area contributed by atoms with Crippen molar-refractivity contribution in [2.45, 2.75) is 12.1 Å². The third-order valence-electron chi connectivity index (χ3n) is 1.61. The van der Waals surface area contributed by atoms with Crippen molar-refractivity contribution in [2.75, 3.05) is 7.11 Å². The largest absolute Gasteiger partial charge is 0.494 e. The van der Waals surface area contributed by atoms with E-state index in [0.717, 1.165) is 19.4 Å². The molecule has 1 heterocycles. The number of halogens is 4. The Morgan fingerprint density at radius 2 is 2.14 bits per heavy atom. The van der Waals surface area contributed by atoms with Gasteiger partial charge >= 0.3 is 6.18 Å². The maximum atomic E-state index is 12.4. The molecule has 0 aromatic carbocycles. The third kappa shape index (κ3) is 2.09. The van der Waals surface area contributed by atoms with Crippen LogP contribution in [0.3, 0.4) is 0 Å². The number of rotatable bonds is 2. The molecule has 14 heavy (non-hydrogen) atoms. The lowest BCUT2D eigenvalue weighted by molar-refractivity contribution is -0.138. The number of hydrogen-bond donors (Lipinski definition) is 0. The van der Waals surface area contributed by atoms with E-state index in [1.165, 1.54) is 0 Å². The molecule has 1 aromatic heterocycles. The Morgan fingerprint density at radius 1 is 1.50 bits per heavy atom. The van der Waals surface area contributed by atoms with E-state index in [9.17, 15) is 13.2 Å². The molecular formula is C8H7ClF3NO. The molecule has 1 rings (SSSR count). The van der Waals surface area contributed by atoms with E-state index in [2.05, 4.69) is 9.72 Å². The van der Waals surface area contributed by atoms with E-state index in [1.807, 2.05) is 0 Å². The minimum absolute atomic E-state index is 0.0870. The Kier molecular flexibility index (Phi) is 3.21. The van der Waals surface area contributed by atoms with Gasteiger partial charge in [-0.05, 0) is 6.07 Å². The Morgan fingerprint density at radius 3 is 2.57 bits per heavy atom. The average Bonchev–Trinajstić information content (AvgIpc) is 2.15. The van der Waals surface area contributed by atoms with Gasteiger partial charge in [-0.25, -0.2) is 0 Å². The van der Waals surface area contributed by atoms with E-state index in [-0.39, 0.29) is 17.3 Å². The molecule has 0 radical (unpaired) electrons. The van der Waals surface area contributed by atoms with Crippen LogP contribution in [0, 0.1) is 0 Å². The number of nitrogens with zero attached hydrogens (tertiary/aromatic N) is 1. The van der Waals surface area contributed by atoms with E-state index < -0.39 is 11.7 Å². The summed E-state index contributed by atoms with van der Waals surface area (Å²) in [4.78, 5) is 3.69. The second kappa shape index (κ2) is 4.04. The monoisotopic (exact) mass is 225 g/mol. The first-order chi connectivity index (χ1) is 6.50. The van der Waals surface area contributed by atoms with Crippen LogP contribution >= 0.6 is 11.6 Å². The lowest BCUT2D eigenvalue weighted by Crippen LogP contribution is -2.09. The number of pyridine rings is 1. The predicted molar refractivity (Wildman–Crippen MR) is 45.3 cm³/mol. The van der Waals surface area contributed by atoms with Crippen molar-refractivity contribution >= 4 is 11.6 Å². The Hall–Kier alpha value is -0.970. The molecule has 0 spiro atoms. The minimum atomic E-state index is -4.45. The highest BCUT2D eigenvalue weighted by molar-refractivity contribution is 6.17. The number of aromatic nitrogens is 1. The van der Waals surface area contributed by atoms with Crippen molar-refractivity contribution in [3.8, 4) is 5.75 Å². The van der Waals surface area contributed by atoms with Gasteiger partial charge in [0, 0.05) is 6.20 Å². The Balaban J connectivity index is 3.29. The lowest BCUT2D eigenvalue weighted by Gasteiger charge is -2.13. The maximum Gasteiger partial charge on any atom is 0.420 e. The van der Waals surface area contributed by atoms with Crippen LogP contribution in [-0.2, 0) is 12.1 Å². The number of alkyl halides is 4. The fourth-order valence-electron chi connectivity index (χ4n) is 1.04. The molecule has 0 fully saturated rings. The highest BCUT2D eigenvalue weighted by Crippen LogP contribution is 2.37. The summed E-state index contributed by atoms with van der Waals surface area (Å²) in [7, 11) is 1.16. The molecule has 0 bridgehead atoms. The quantitative estimate of drug-likeness (QED) is 0.722. The van der Waals surface area contributed by atoms with Crippen LogP contribution in [0.5, 0.6) is 5.75 Å². The highest BCUT2D eigenvalue weighted by Gasteiger charge is 2.35. The SMILES string of the molecule is COc1c(C(F)(F)F)ccnc1CCl. The van der Waals surface area contributed by atoms with Gasteiger partial charge in [0.1, 0.15) is 5.56 Å². The second-order valence-electron chi connectivity index (χ2n) is 2.47. The van der Waals surface area contributed by atoms with Crippen LogP contribution in [-0.4, -0.2) is 12.1 Å². The summed E-state index contributed by atoms with van der Waals surface area (Å²) in [5.74, 6) is -0.428. The van der Waals surface area contributed by atoms with E-state index in [4.69, 9.17) is 11.6 Å². The van der Waals surface area contributed by atoms with Crippen molar-refractivity contribution in [1.82, 2.24) is 4.98 Å².